The van der Waals surface area contributed by atoms with Gasteiger partial charge in [-0.25, -0.2) is 8.42 Å². The van der Waals surface area contributed by atoms with Gasteiger partial charge >= 0.3 is 0 Å². The predicted octanol–water partition coefficient (Wildman–Crippen LogP) is 4.04. The molecule has 30 heavy (non-hydrogen) atoms. The summed E-state index contributed by atoms with van der Waals surface area (Å²) in [5.41, 5.74) is 10.2. The number of amides is 1. The van der Waals surface area contributed by atoms with Gasteiger partial charge in [-0.05, 0) is 79.0 Å². The summed E-state index contributed by atoms with van der Waals surface area (Å²) in [6, 6.07) is 6.56. The predicted molar refractivity (Wildman–Crippen MR) is 123 cm³/mol. The summed E-state index contributed by atoms with van der Waals surface area (Å²) >= 11 is 0. The normalized spacial score (nSPS) is 24.3. The molecule has 5 nitrogen and oxygen atoms in total. The maximum absolute atomic E-state index is 12.0. The van der Waals surface area contributed by atoms with Gasteiger partial charge in [0, 0.05) is 24.4 Å². The van der Waals surface area contributed by atoms with Crippen LogP contribution in [-0.4, -0.2) is 38.9 Å². The summed E-state index contributed by atoms with van der Waals surface area (Å²) in [6.07, 6.45) is 10.9. The molecule has 3 N–H and O–H groups in total. The van der Waals surface area contributed by atoms with Crippen LogP contribution in [0.3, 0.4) is 0 Å². The fourth-order valence-electron chi connectivity index (χ4n) is 4.70. The number of primary amides is 1. The number of nitrogens with two attached hydrogens (primary N) is 1. The first kappa shape index (κ1) is 23.0. The van der Waals surface area contributed by atoms with E-state index in [0.717, 1.165) is 50.5 Å². The van der Waals surface area contributed by atoms with Crippen molar-refractivity contribution in [3.63, 3.8) is 0 Å². The molecule has 0 bridgehead atoms. The number of rotatable bonds is 7. The van der Waals surface area contributed by atoms with Crippen LogP contribution >= 0.6 is 0 Å². The van der Waals surface area contributed by atoms with Crippen molar-refractivity contribution in [2.45, 2.75) is 70.8 Å². The molecular weight excluding hydrogens is 396 g/mol. The average Bonchev–Trinajstić information content (AvgIpc) is 2.67. The molecule has 166 valence electrons. The molecule has 2 aliphatic rings. The molecule has 3 rings (SSSR count). The molecular formula is C24H36N2O3S. The standard InChI is InChI=1S/C24H36N2O3S/c1-24(2)12-10-18(11-13-24)22-16-19(6-9-21(22)23(25)27)17-4-7-20(8-5-17)26-14-15-30(3,28)29/h6,9-10,16-17,20,26H,4-5,7-8,11-15H2,1-3H3,(H2,25,27). The Kier molecular flexibility index (Phi) is 7.08. The lowest BCUT2D eigenvalue weighted by atomic mass is 9.75. The molecule has 1 aromatic carbocycles. The van der Waals surface area contributed by atoms with Gasteiger partial charge in [-0.2, -0.15) is 0 Å². The monoisotopic (exact) mass is 432 g/mol. The van der Waals surface area contributed by atoms with Crippen LogP contribution in [0.15, 0.2) is 24.3 Å². The second-order valence-electron chi connectivity index (χ2n) is 9.90. The molecule has 0 radical (unpaired) electrons. The third kappa shape index (κ3) is 6.17. The van der Waals surface area contributed by atoms with E-state index in [9.17, 15) is 13.2 Å². The van der Waals surface area contributed by atoms with Crippen molar-refractivity contribution < 1.29 is 13.2 Å². The summed E-state index contributed by atoms with van der Waals surface area (Å²) in [5.74, 6) is 0.303. The molecule has 1 aromatic rings. The molecule has 1 saturated carbocycles. The molecule has 0 atom stereocenters. The van der Waals surface area contributed by atoms with Crippen molar-refractivity contribution in [3.05, 3.63) is 41.0 Å². The Morgan fingerprint density at radius 3 is 2.47 bits per heavy atom. The van der Waals surface area contributed by atoms with Gasteiger partial charge in [0.2, 0.25) is 5.91 Å². The smallest absolute Gasteiger partial charge is 0.249 e. The zero-order valence-electron chi connectivity index (χ0n) is 18.5. The molecule has 1 fully saturated rings. The SMILES string of the molecule is CC1(C)CC=C(c2cc(C3CCC(NCCS(C)(=O)=O)CC3)ccc2C(N)=O)CC1. The fraction of sp³-hybridized carbons (Fsp3) is 0.625. The molecule has 0 saturated heterocycles. The highest BCUT2D eigenvalue weighted by Crippen LogP contribution is 2.40. The number of allylic oxidation sites excluding steroid dienone is 2. The molecule has 0 heterocycles. The summed E-state index contributed by atoms with van der Waals surface area (Å²) in [5, 5.41) is 3.40. The summed E-state index contributed by atoms with van der Waals surface area (Å²) in [6.45, 7) is 5.10. The highest BCUT2D eigenvalue weighted by atomic mass is 32.2. The number of sulfone groups is 1. The Hall–Kier alpha value is -1.66. The van der Waals surface area contributed by atoms with Crippen molar-refractivity contribution in [1.82, 2.24) is 5.32 Å². The molecule has 6 heteroatoms. The van der Waals surface area contributed by atoms with Crippen LogP contribution in [0.4, 0.5) is 0 Å². The zero-order valence-corrected chi connectivity index (χ0v) is 19.4. The minimum Gasteiger partial charge on any atom is -0.366 e. The van der Waals surface area contributed by atoms with E-state index >= 15 is 0 Å². The number of benzene rings is 1. The van der Waals surface area contributed by atoms with Crippen LogP contribution in [0.1, 0.15) is 86.2 Å². The van der Waals surface area contributed by atoms with Crippen LogP contribution in [-0.2, 0) is 9.84 Å². The van der Waals surface area contributed by atoms with E-state index in [2.05, 4.69) is 37.4 Å². The minimum atomic E-state index is -2.92. The second kappa shape index (κ2) is 9.23. The minimum absolute atomic E-state index is 0.191. The summed E-state index contributed by atoms with van der Waals surface area (Å²) in [7, 11) is -2.92. The maximum Gasteiger partial charge on any atom is 0.249 e. The van der Waals surface area contributed by atoms with Gasteiger partial charge in [0.15, 0.2) is 0 Å². The zero-order chi connectivity index (χ0) is 21.9. The Bertz CT molecular complexity index is 910. The highest BCUT2D eigenvalue weighted by Gasteiger charge is 2.26. The number of carbonyl (C=O) groups is 1. The molecule has 2 aliphatic carbocycles. The third-order valence-corrected chi connectivity index (χ3v) is 7.68. The molecule has 0 aliphatic heterocycles. The van der Waals surface area contributed by atoms with Crippen molar-refractivity contribution in [1.29, 1.82) is 0 Å². The van der Waals surface area contributed by atoms with Crippen molar-refractivity contribution in [2.24, 2.45) is 11.1 Å². The maximum atomic E-state index is 12.0. The molecule has 0 spiro atoms. The van der Waals surface area contributed by atoms with Crippen LogP contribution < -0.4 is 11.1 Å². The Morgan fingerprint density at radius 1 is 1.20 bits per heavy atom. The Labute approximate surface area is 181 Å². The lowest BCUT2D eigenvalue weighted by Gasteiger charge is -2.31. The van der Waals surface area contributed by atoms with E-state index < -0.39 is 9.84 Å². The molecule has 0 unspecified atom stereocenters. The molecule has 0 aromatic heterocycles. The van der Waals surface area contributed by atoms with Crippen LogP contribution in [0.2, 0.25) is 0 Å². The number of hydrogen-bond acceptors (Lipinski definition) is 4. The topological polar surface area (TPSA) is 89.3 Å². The Balaban J connectivity index is 1.69. The van der Waals surface area contributed by atoms with E-state index in [1.54, 1.807) is 0 Å². The summed E-state index contributed by atoms with van der Waals surface area (Å²) in [4.78, 5) is 12.0. The first-order valence-electron chi connectivity index (χ1n) is 11.1. The van der Waals surface area contributed by atoms with Gasteiger partial charge in [0.25, 0.3) is 0 Å². The third-order valence-electron chi connectivity index (χ3n) is 6.73. The van der Waals surface area contributed by atoms with Gasteiger partial charge in [0.05, 0.1) is 5.75 Å². The molecule has 1 amide bonds. The quantitative estimate of drug-likeness (QED) is 0.680. The van der Waals surface area contributed by atoms with Crippen molar-refractivity contribution in [2.75, 3.05) is 18.6 Å². The van der Waals surface area contributed by atoms with Gasteiger partial charge in [-0.15, -0.1) is 0 Å². The number of nitrogens with one attached hydrogen (secondary N) is 1. The second-order valence-corrected chi connectivity index (χ2v) is 12.2. The average molecular weight is 433 g/mol. The van der Waals surface area contributed by atoms with E-state index in [0.29, 0.717) is 29.5 Å². The highest BCUT2D eigenvalue weighted by molar-refractivity contribution is 7.90. The van der Waals surface area contributed by atoms with Crippen LogP contribution in [0.5, 0.6) is 0 Å². The first-order chi connectivity index (χ1) is 14.0. The van der Waals surface area contributed by atoms with Gasteiger partial charge in [-0.3, -0.25) is 4.79 Å². The van der Waals surface area contributed by atoms with Crippen LogP contribution in [0.25, 0.3) is 5.57 Å². The lowest BCUT2D eigenvalue weighted by Crippen LogP contribution is -2.35. The van der Waals surface area contributed by atoms with Gasteiger partial charge < -0.3 is 11.1 Å². The summed E-state index contributed by atoms with van der Waals surface area (Å²) < 4.78 is 22.6. The van der Waals surface area contributed by atoms with Crippen molar-refractivity contribution in [3.8, 4) is 0 Å². The van der Waals surface area contributed by atoms with E-state index in [1.807, 2.05) is 6.07 Å². The van der Waals surface area contributed by atoms with Gasteiger partial charge in [0.1, 0.15) is 9.84 Å². The Morgan fingerprint density at radius 2 is 1.90 bits per heavy atom. The van der Waals surface area contributed by atoms with E-state index in [4.69, 9.17) is 5.73 Å². The number of carbonyl (C=O) groups excluding carboxylic acids is 1. The van der Waals surface area contributed by atoms with E-state index in [1.165, 1.54) is 17.4 Å². The van der Waals surface area contributed by atoms with E-state index in [-0.39, 0.29) is 11.7 Å². The van der Waals surface area contributed by atoms with Gasteiger partial charge in [-0.1, -0.05) is 32.1 Å². The van der Waals surface area contributed by atoms with Crippen molar-refractivity contribution >= 4 is 21.3 Å². The largest absolute Gasteiger partial charge is 0.366 e. The first-order valence-corrected chi connectivity index (χ1v) is 13.1. The lowest BCUT2D eigenvalue weighted by molar-refractivity contribution is 0.1000. The number of hydrogen-bond donors (Lipinski definition) is 2. The van der Waals surface area contributed by atoms with Crippen LogP contribution in [0, 0.1) is 5.41 Å². The fourth-order valence-corrected chi connectivity index (χ4v) is 5.19.